The van der Waals surface area contributed by atoms with E-state index in [2.05, 4.69) is 0 Å². The van der Waals surface area contributed by atoms with Crippen LogP contribution in [0.25, 0.3) is 0 Å². The first kappa shape index (κ1) is 14.2. The molecule has 0 heterocycles. The number of rotatable bonds is 3. The van der Waals surface area contributed by atoms with Gasteiger partial charge in [-0.2, -0.15) is 10.5 Å². The van der Waals surface area contributed by atoms with E-state index < -0.39 is 11.8 Å². The molecule has 2 aromatic rings. The van der Waals surface area contributed by atoms with Crippen LogP contribution in [-0.2, 0) is 11.3 Å². The normalized spacial score (nSPS) is 9.48. The molecule has 2 aromatic carbocycles. The number of hydrogen-bond donors (Lipinski definition) is 0. The van der Waals surface area contributed by atoms with Gasteiger partial charge in [0.05, 0.1) is 28.8 Å². The Bertz CT molecular complexity index is 755. The molecule has 0 aromatic heterocycles. The minimum absolute atomic E-state index is 0.0238. The van der Waals surface area contributed by atoms with Gasteiger partial charge in [0.25, 0.3) is 0 Å². The highest BCUT2D eigenvalue weighted by Crippen LogP contribution is 2.13. The second-order valence-electron chi connectivity index (χ2n) is 4.19. The Hall–Kier alpha value is -3.18. The fourth-order valence-corrected chi connectivity index (χ4v) is 1.65. The highest BCUT2D eigenvalue weighted by molar-refractivity contribution is 5.89. The molecule has 2 rings (SSSR count). The molecule has 102 valence electrons. The molecule has 0 unspecified atom stereocenters. The van der Waals surface area contributed by atoms with Crippen molar-refractivity contribution in [2.24, 2.45) is 0 Å². The highest BCUT2D eigenvalue weighted by atomic mass is 19.1. The summed E-state index contributed by atoms with van der Waals surface area (Å²) >= 11 is 0. The molecule has 0 amide bonds. The molecular formula is C16H9FN2O2. The van der Waals surface area contributed by atoms with Crippen LogP contribution in [0.2, 0.25) is 0 Å². The lowest BCUT2D eigenvalue weighted by molar-refractivity contribution is 0.0467. The smallest absolute Gasteiger partial charge is 0.341 e. The van der Waals surface area contributed by atoms with Gasteiger partial charge in [-0.05, 0) is 35.9 Å². The van der Waals surface area contributed by atoms with E-state index in [4.69, 9.17) is 15.3 Å². The molecule has 0 N–H and O–H groups in total. The summed E-state index contributed by atoms with van der Waals surface area (Å²) in [5.41, 5.74) is 1.11. The summed E-state index contributed by atoms with van der Waals surface area (Å²) in [6.45, 7) is -0.0238. The molecule has 0 bridgehead atoms. The molecule has 0 saturated carbocycles. The first-order chi connectivity index (χ1) is 10.1. The third-order valence-electron chi connectivity index (χ3n) is 2.77. The molecule has 0 saturated heterocycles. The standard InChI is InChI=1S/C16H9FN2O2/c17-15-7-13(9-19)5-6-14(15)16(20)21-10-12-3-1-11(8-18)2-4-12/h1-7H,10H2. The number of esters is 1. The Kier molecular flexibility index (Phi) is 4.28. The first-order valence-corrected chi connectivity index (χ1v) is 6.00. The van der Waals surface area contributed by atoms with Crippen molar-refractivity contribution in [2.75, 3.05) is 0 Å². The number of carbonyl (C=O) groups is 1. The summed E-state index contributed by atoms with van der Waals surface area (Å²) in [5.74, 6) is -1.60. The van der Waals surface area contributed by atoms with Crippen LogP contribution in [0.5, 0.6) is 0 Å². The molecule has 0 aliphatic carbocycles. The van der Waals surface area contributed by atoms with Gasteiger partial charge < -0.3 is 4.74 Å². The van der Waals surface area contributed by atoms with Crippen LogP contribution in [0.15, 0.2) is 42.5 Å². The van der Waals surface area contributed by atoms with Crippen molar-refractivity contribution >= 4 is 5.97 Å². The van der Waals surface area contributed by atoms with Gasteiger partial charge in [-0.1, -0.05) is 12.1 Å². The topological polar surface area (TPSA) is 73.9 Å². The van der Waals surface area contributed by atoms with Crippen LogP contribution in [0.1, 0.15) is 27.0 Å². The summed E-state index contributed by atoms with van der Waals surface area (Å²) in [6, 6.07) is 13.8. The van der Waals surface area contributed by atoms with Crippen molar-refractivity contribution in [3.05, 3.63) is 70.5 Å². The minimum Gasteiger partial charge on any atom is -0.457 e. The summed E-state index contributed by atoms with van der Waals surface area (Å²) in [6.07, 6.45) is 0. The molecule has 21 heavy (non-hydrogen) atoms. The maximum absolute atomic E-state index is 13.6. The molecule has 0 aliphatic heterocycles. The van der Waals surface area contributed by atoms with Gasteiger partial charge in [0.15, 0.2) is 0 Å². The van der Waals surface area contributed by atoms with Crippen LogP contribution >= 0.6 is 0 Å². The number of benzene rings is 2. The summed E-state index contributed by atoms with van der Waals surface area (Å²) in [7, 11) is 0. The van der Waals surface area contributed by atoms with Crippen LogP contribution in [0.4, 0.5) is 4.39 Å². The molecular weight excluding hydrogens is 271 g/mol. The molecule has 0 radical (unpaired) electrons. The third kappa shape index (κ3) is 3.43. The Morgan fingerprint density at radius 3 is 2.24 bits per heavy atom. The van der Waals surface area contributed by atoms with E-state index in [0.717, 1.165) is 6.07 Å². The first-order valence-electron chi connectivity index (χ1n) is 6.00. The van der Waals surface area contributed by atoms with E-state index in [9.17, 15) is 9.18 Å². The second-order valence-corrected chi connectivity index (χ2v) is 4.19. The Morgan fingerprint density at radius 1 is 1.05 bits per heavy atom. The average molecular weight is 280 g/mol. The number of hydrogen-bond acceptors (Lipinski definition) is 4. The van der Waals surface area contributed by atoms with E-state index in [0.29, 0.717) is 11.1 Å². The number of carbonyl (C=O) groups excluding carboxylic acids is 1. The summed E-state index contributed by atoms with van der Waals surface area (Å²) < 4.78 is 18.6. The number of nitriles is 2. The van der Waals surface area contributed by atoms with Crippen molar-refractivity contribution in [3.63, 3.8) is 0 Å². The van der Waals surface area contributed by atoms with Gasteiger partial charge in [-0.3, -0.25) is 0 Å². The third-order valence-corrected chi connectivity index (χ3v) is 2.77. The lowest BCUT2D eigenvalue weighted by Gasteiger charge is -2.06. The molecule has 0 spiro atoms. The van der Waals surface area contributed by atoms with Crippen molar-refractivity contribution in [3.8, 4) is 12.1 Å². The number of halogens is 1. The maximum atomic E-state index is 13.6. The minimum atomic E-state index is -0.804. The molecule has 0 atom stereocenters. The summed E-state index contributed by atoms with van der Waals surface area (Å²) in [4.78, 5) is 11.8. The molecule has 0 fully saturated rings. The summed E-state index contributed by atoms with van der Waals surface area (Å²) in [5, 5.41) is 17.3. The van der Waals surface area contributed by atoms with Crippen molar-refractivity contribution < 1.29 is 13.9 Å². The lowest BCUT2D eigenvalue weighted by atomic mass is 10.1. The predicted octanol–water partition coefficient (Wildman–Crippen LogP) is 2.93. The Morgan fingerprint density at radius 2 is 1.67 bits per heavy atom. The van der Waals surface area contributed by atoms with Crippen LogP contribution in [0, 0.1) is 28.5 Å². The second kappa shape index (κ2) is 6.31. The SMILES string of the molecule is N#Cc1ccc(COC(=O)c2ccc(C#N)cc2F)cc1. The van der Waals surface area contributed by atoms with E-state index in [1.165, 1.54) is 12.1 Å². The number of nitrogens with zero attached hydrogens (tertiary/aromatic N) is 2. The van der Waals surface area contributed by atoms with E-state index in [-0.39, 0.29) is 17.7 Å². The lowest BCUT2D eigenvalue weighted by Crippen LogP contribution is -2.07. The highest BCUT2D eigenvalue weighted by Gasteiger charge is 2.13. The van der Waals surface area contributed by atoms with Gasteiger partial charge in [0, 0.05) is 0 Å². The quantitative estimate of drug-likeness (QED) is 0.810. The maximum Gasteiger partial charge on any atom is 0.341 e. The van der Waals surface area contributed by atoms with Gasteiger partial charge in [0.1, 0.15) is 12.4 Å². The largest absolute Gasteiger partial charge is 0.457 e. The van der Waals surface area contributed by atoms with Gasteiger partial charge in [-0.15, -0.1) is 0 Å². The zero-order chi connectivity index (χ0) is 15.2. The van der Waals surface area contributed by atoms with Crippen molar-refractivity contribution in [1.82, 2.24) is 0 Å². The fraction of sp³-hybridized carbons (Fsp3) is 0.0625. The monoisotopic (exact) mass is 280 g/mol. The van der Waals surface area contributed by atoms with Crippen LogP contribution in [0.3, 0.4) is 0 Å². The van der Waals surface area contributed by atoms with Crippen molar-refractivity contribution in [1.29, 1.82) is 10.5 Å². The van der Waals surface area contributed by atoms with Gasteiger partial charge >= 0.3 is 5.97 Å². The zero-order valence-corrected chi connectivity index (χ0v) is 10.8. The molecule has 4 nitrogen and oxygen atoms in total. The van der Waals surface area contributed by atoms with Crippen LogP contribution in [-0.4, -0.2) is 5.97 Å². The Balaban J connectivity index is 2.05. The average Bonchev–Trinajstić information content (AvgIpc) is 2.52. The van der Waals surface area contributed by atoms with Gasteiger partial charge in [0.2, 0.25) is 0 Å². The van der Waals surface area contributed by atoms with Crippen molar-refractivity contribution in [2.45, 2.75) is 6.61 Å². The van der Waals surface area contributed by atoms with Crippen LogP contribution < -0.4 is 0 Å². The van der Waals surface area contributed by atoms with E-state index in [1.807, 2.05) is 6.07 Å². The Labute approximate surface area is 120 Å². The predicted molar refractivity (Wildman–Crippen MR) is 71.4 cm³/mol. The molecule has 0 aliphatic rings. The van der Waals surface area contributed by atoms with E-state index in [1.54, 1.807) is 30.3 Å². The number of ether oxygens (including phenoxy) is 1. The fourth-order valence-electron chi connectivity index (χ4n) is 1.65. The van der Waals surface area contributed by atoms with E-state index >= 15 is 0 Å². The van der Waals surface area contributed by atoms with Gasteiger partial charge in [-0.25, -0.2) is 9.18 Å². The molecule has 5 heteroatoms. The zero-order valence-electron chi connectivity index (χ0n) is 10.8.